The van der Waals surface area contributed by atoms with Crippen molar-refractivity contribution >= 4 is 39.1 Å². The number of aromatic carboxylic acids is 1. The fourth-order valence-electron chi connectivity index (χ4n) is 2.72. The van der Waals surface area contributed by atoms with Gasteiger partial charge in [0.1, 0.15) is 0 Å². The van der Waals surface area contributed by atoms with E-state index in [1.165, 1.54) is 67.6 Å². The van der Waals surface area contributed by atoms with Gasteiger partial charge in [-0.2, -0.15) is 0 Å². The number of anilines is 2. The van der Waals surface area contributed by atoms with E-state index in [0.29, 0.717) is 11.3 Å². The van der Waals surface area contributed by atoms with Crippen LogP contribution >= 0.6 is 0 Å². The monoisotopic (exact) mass is 438 g/mol. The number of amides is 1. The number of hydrogen-bond donors (Lipinski definition) is 3. The molecule has 3 aromatic rings. The van der Waals surface area contributed by atoms with E-state index in [4.69, 9.17) is 5.11 Å². The molecule has 8 nitrogen and oxygen atoms in total. The fourth-order valence-corrected chi connectivity index (χ4v) is 3.81. The van der Waals surface area contributed by atoms with Crippen LogP contribution in [0.4, 0.5) is 11.4 Å². The zero-order chi connectivity index (χ0) is 22.6. The predicted octanol–water partition coefficient (Wildman–Crippen LogP) is 3.64. The van der Waals surface area contributed by atoms with E-state index < -0.39 is 21.9 Å². The maximum Gasteiger partial charge on any atom is 0.335 e. The Bertz CT molecular complexity index is 1270. The van der Waals surface area contributed by atoms with Crippen molar-refractivity contribution in [3.05, 3.63) is 89.5 Å². The Morgan fingerprint density at radius 2 is 1.42 bits per heavy atom. The molecule has 9 heteroatoms. The summed E-state index contributed by atoms with van der Waals surface area (Å²) in [5.41, 5.74) is 1.12. The molecule has 3 rings (SSSR count). The summed E-state index contributed by atoms with van der Waals surface area (Å²) in [5.74, 6) is -1.84. The van der Waals surface area contributed by atoms with Crippen molar-refractivity contribution < 1.29 is 27.9 Å². The summed E-state index contributed by atoms with van der Waals surface area (Å²) in [6.07, 6.45) is 0. The summed E-state index contributed by atoms with van der Waals surface area (Å²) >= 11 is 0. The highest BCUT2D eigenvalue weighted by atomic mass is 32.2. The predicted molar refractivity (Wildman–Crippen MR) is 115 cm³/mol. The highest BCUT2D eigenvalue weighted by Gasteiger charge is 2.17. The van der Waals surface area contributed by atoms with Crippen LogP contribution in [0.2, 0.25) is 0 Å². The molecule has 0 heterocycles. The van der Waals surface area contributed by atoms with E-state index >= 15 is 0 Å². The van der Waals surface area contributed by atoms with Gasteiger partial charge in [0.2, 0.25) is 0 Å². The van der Waals surface area contributed by atoms with Crippen LogP contribution in [-0.2, 0) is 10.0 Å². The molecular weight excluding hydrogens is 420 g/mol. The lowest BCUT2D eigenvalue weighted by Crippen LogP contribution is -2.16. The van der Waals surface area contributed by atoms with Gasteiger partial charge in [-0.1, -0.05) is 18.2 Å². The normalized spacial score (nSPS) is 10.9. The first-order valence-corrected chi connectivity index (χ1v) is 10.5. The van der Waals surface area contributed by atoms with E-state index in [-0.39, 0.29) is 27.5 Å². The van der Waals surface area contributed by atoms with Crippen molar-refractivity contribution in [3.63, 3.8) is 0 Å². The molecule has 0 saturated carbocycles. The summed E-state index contributed by atoms with van der Waals surface area (Å²) in [5, 5.41) is 11.5. The van der Waals surface area contributed by atoms with Crippen LogP contribution in [0.3, 0.4) is 0 Å². The lowest BCUT2D eigenvalue weighted by Gasteiger charge is -2.11. The van der Waals surface area contributed by atoms with E-state index in [1.54, 1.807) is 12.1 Å². The van der Waals surface area contributed by atoms with E-state index in [1.807, 2.05) is 0 Å². The number of sulfonamides is 1. The molecule has 0 aromatic heterocycles. The first-order valence-electron chi connectivity index (χ1n) is 9.04. The number of carboxylic acid groups (broad SMARTS) is 1. The summed E-state index contributed by atoms with van der Waals surface area (Å²) in [7, 11) is -4.01. The highest BCUT2D eigenvalue weighted by molar-refractivity contribution is 7.92. The van der Waals surface area contributed by atoms with Gasteiger partial charge in [-0.3, -0.25) is 14.3 Å². The number of nitrogens with one attached hydrogen (secondary N) is 2. The molecule has 31 heavy (non-hydrogen) atoms. The van der Waals surface area contributed by atoms with Crippen LogP contribution in [0.25, 0.3) is 0 Å². The fraction of sp³-hybridized carbons (Fsp3) is 0.0455. The van der Waals surface area contributed by atoms with Crippen LogP contribution in [0, 0.1) is 0 Å². The SMILES string of the molecule is CC(=O)c1cccc(NS(=O)(=O)c2cccc(C(=O)Nc3ccc(C(=O)O)cc3)c2)c1. The third-order valence-corrected chi connectivity index (χ3v) is 5.70. The Labute approximate surface area is 178 Å². The van der Waals surface area contributed by atoms with Crippen LogP contribution < -0.4 is 10.0 Å². The lowest BCUT2D eigenvalue weighted by atomic mass is 10.1. The zero-order valence-electron chi connectivity index (χ0n) is 16.3. The molecule has 0 bridgehead atoms. The Balaban J connectivity index is 1.79. The van der Waals surface area contributed by atoms with Gasteiger partial charge in [0.05, 0.1) is 10.5 Å². The summed E-state index contributed by atoms with van der Waals surface area (Å²) < 4.78 is 27.9. The molecule has 0 atom stereocenters. The average Bonchev–Trinajstić information content (AvgIpc) is 2.74. The van der Waals surface area contributed by atoms with Gasteiger partial charge in [0.25, 0.3) is 15.9 Å². The van der Waals surface area contributed by atoms with Gasteiger partial charge in [0, 0.05) is 22.5 Å². The van der Waals surface area contributed by atoms with Crippen molar-refractivity contribution in [2.45, 2.75) is 11.8 Å². The van der Waals surface area contributed by atoms with Gasteiger partial charge < -0.3 is 10.4 Å². The molecular formula is C22H18N2O6S. The Kier molecular flexibility index (Phi) is 6.17. The maximum atomic E-state index is 12.7. The molecule has 0 unspecified atom stereocenters. The van der Waals surface area contributed by atoms with Crippen molar-refractivity contribution in [3.8, 4) is 0 Å². The molecule has 1 amide bonds. The molecule has 3 aromatic carbocycles. The van der Waals surface area contributed by atoms with Gasteiger partial charge in [0.15, 0.2) is 5.78 Å². The second kappa shape index (κ2) is 8.80. The highest BCUT2D eigenvalue weighted by Crippen LogP contribution is 2.19. The quantitative estimate of drug-likeness (QED) is 0.483. The largest absolute Gasteiger partial charge is 0.478 e. The zero-order valence-corrected chi connectivity index (χ0v) is 17.1. The smallest absolute Gasteiger partial charge is 0.335 e. The summed E-state index contributed by atoms with van der Waals surface area (Å²) in [6, 6.07) is 17.1. The van der Waals surface area contributed by atoms with Gasteiger partial charge in [-0.05, 0) is 61.5 Å². The molecule has 0 radical (unpaired) electrons. The van der Waals surface area contributed by atoms with Crippen molar-refractivity contribution in [2.75, 3.05) is 10.0 Å². The Morgan fingerprint density at radius 3 is 2.06 bits per heavy atom. The number of rotatable bonds is 7. The van der Waals surface area contributed by atoms with E-state index in [0.717, 1.165) is 0 Å². The van der Waals surface area contributed by atoms with Gasteiger partial charge >= 0.3 is 5.97 Å². The van der Waals surface area contributed by atoms with E-state index in [2.05, 4.69) is 10.0 Å². The second-order valence-corrected chi connectivity index (χ2v) is 8.29. The number of benzene rings is 3. The third kappa shape index (κ3) is 5.34. The lowest BCUT2D eigenvalue weighted by molar-refractivity contribution is 0.0696. The first kappa shape index (κ1) is 21.7. The molecule has 0 aliphatic heterocycles. The van der Waals surface area contributed by atoms with Crippen LogP contribution in [0.15, 0.2) is 77.7 Å². The molecule has 0 aliphatic carbocycles. The molecule has 3 N–H and O–H groups in total. The number of ketones is 1. The number of carbonyl (C=O) groups excluding carboxylic acids is 2. The molecule has 158 valence electrons. The minimum absolute atomic E-state index is 0.0750. The summed E-state index contributed by atoms with van der Waals surface area (Å²) in [4.78, 5) is 34.8. The molecule has 0 spiro atoms. The molecule has 0 fully saturated rings. The van der Waals surface area contributed by atoms with Gasteiger partial charge in [-0.25, -0.2) is 13.2 Å². The van der Waals surface area contributed by atoms with Crippen molar-refractivity contribution in [1.82, 2.24) is 0 Å². The standard InChI is InChI=1S/C22H18N2O6S/c1-14(25)16-4-2-6-19(12-16)24-31(29,30)20-7-3-5-17(13-20)21(26)23-18-10-8-15(9-11-18)22(27)28/h2-13,24H,1H3,(H,23,26)(H,27,28). The molecule has 0 saturated heterocycles. The number of carboxylic acids is 1. The average molecular weight is 438 g/mol. The van der Waals surface area contributed by atoms with Crippen LogP contribution in [0.1, 0.15) is 38.0 Å². The molecule has 0 aliphatic rings. The number of Topliss-reactive ketones (excluding diaryl/α,β-unsaturated/α-hetero) is 1. The third-order valence-electron chi connectivity index (χ3n) is 4.32. The van der Waals surface area contributed by atoms with Crippen molar-refractivity contribution in [2.24, 2.45) is 0 Å². The first-order chi connectivity index (χ1) is 14.7. The minimum Gasteiger partial charge on any atom is -0.478 e. The Morgan fingerprint density at radius 1 is 0.774 bits per heavy atom. The maximum absolute atomic E-state index is 12.7. The second-order valence-electron chi connectivity index (χ2n) is 6.61. The van der Waals surface area contributed by atoms with E-state index in [9.17, 15) is 22.8 Å². The van der Waals surface area contributed by atoms with Gasteiger partial charge in [-0.15, -0.1) is 0 Å². The van der Waals surface area contributed by atoms with Crippen molar-refractivity contribution in [1.29, 1.82) is 0 Å². The minimum atomic E-state index is -4.01. The summed E-state index contributed by atoms with van der Waals surface area (Å²) in [6.45, 7) is 1.38. The number of hydrogen-bond acceptors (Lipinski definition) is 5. The van der Waals surface area contributed by atoms with Crippen LogP contribution in [-0.4, -0.2) is 31.2 Å². The topological polar surface area (TPSA) is 130 Å². The number of carbonyl (C=O) groups is 3. The van der Waals surface area contributed by atoms with Crippen LogP contribution in [0.5, 0.6) is 0 Å². The Hall–Kier alpha value is -3.98.